The van der Waals surface area contributed by atoms with E-state index in [2.05, 4.69) is 30.3 Å². The number of carbonyl (C=O) groups is 1. The normalized spacial score (nSPS) is 26.8. The smallest absolute Gasteiger partial charge is 0.414 e. The van der Waals surface area contributed by atoms with Crippen LogP contribution in [0.1, 0.15) is 19.8 Å². The van der Waals surface area contributed by atoms with E-state index < -0.39 is 0 Å². The Morgan fingerprint density at radius 3 is 2.90 bits per heavy atom. The van der Waals surface area contributed by atoms with Crippen LogP contribution in [-0.4, -0.2) is 49.8 Å². The average Bonchev–Trinajstić information content (AvgIpc) is 2.89. The van der Waals surface area contributed by atoms with Crippen molar-refractivity contribution in [3.05, 3.63) is 24.3 Å². The van der Waals surface area contributed by atoms with Crippen LogP contribution in [0.5, 0.6) is 0 Å². The molecule has 0 radical (unpaired) electrons. The van der Waals surface area contributed by atoms with Crippen LogP contribution in [0.4, 0.5) is 16.2 Å². The maximum absolute atomic E-state index is 11.6. The second-order valence-corrected chi connectivity index (χ2v) is 6.01. The van der Waals surface area contributed by atoms with Crippen LogP contribution in [0.15, 0.2) is 24.3 Å². The van der Waals surface area contributed by atoms with Crippen LogP contribution < -0.4 is 10.2 Å². The van der Waals surface area contributed by atoms with Gasteiger partial charge in [-0.25, -0.2) is 4.79 Å². The van der Waals surface area contributed by atoms with E-state index in [1.54, 1.807) is 4.90 Å². The summed E-state index contributed by atoms with van der Waals surface area (Å²) < 4.78 is 5.00. The molecule has 1 amide bonds. The fourth-order valence-electron chi connectivity index (χ4n) is 3.05. The molecule has 3 rings (SSSR count). The Kier molecular flexibility index (Phi) is 4.01. The number of carbonyl (C=O) groups excluding carboxylic acids is 1. The Balaban J connectivity index is 1.67. The summed E-state index contributed by atoms with van der Waals surface area (Å²) in [5, 5.41) is 3.61. The number of likely N-dealkylation sites (tertiary alicyclic amines) is 1. The first-order valence-corrected chi connectivity index (χ1v) is 7.64. The van der Waals surface area contributed by atoms with Gasteiger partial charge in [-0.05, 0) is 45.0 Å². The summed E-state index contributed by atoms with van der Waals surface area (Å²) in [6, 6.07) is 9.14. The minimum absolute atomic E-state index is 0.250. The lowest BCUT2D eigenvalue weighted by atomic mass is 9.98. The van der Waals surface area contributed by atoms with Crippen molar-refractivity contribution in [3.63, 3.8) is 0 Å². The Morgan fingerprint density at radius 2 is 2.19 bits per heavy atom. The number of amides is 1. The van der Waals surface area contributed by atoms with Crippen LogP contribution in [0.2, 0.25) is 0 Å². The molecule has 0 bridgehead atoms. The van der Waals surface area contributed by atoms with Crippen molar-refractivity contribution in [2.45, 2.75) is 31.8 Å². The fraction of sp³-hybridized carbons (Fsp3) is 0.562. The second-order valence-electron chi connectivity index (χ2n) is 6.01. The van der Waals surface area contributed by atoms with Gasteiger partial charge in [0.2, 0.25) is 0 Å². The van der Waals surface area contributed by atoms with Gasteiger partial charge in [-0.2, -0.15) is 0 Å². The van der Waals surface area contributed by atoms with E-state index in [4.69, 9.17) is 4.74 Å². The Labute approximate surface area is 125 Å². The summed E-state index contributed by atoms with van der Waals surface area (Å²) in [5.41, 5.74) is 1.98. The van der Waals surface area contributed by atoms with Crippen molar-refractivity contribution in [3.8, 4) is 0 Å². The van der Waals surface area contributed by atoms with Gasteiger partial charge in [0, 0.05) is 30.0 Å². The third kappa shape index (κ3) is 3.13. The van der Waals surface area contributed by atoms with Crippen LogP contribution in [-0.2, 0) is 4.74 Å². The summed E-state index contributed by atoms with van der Waals surface area (Å²) in [6.45, 7) is 4.50. The van der Waals surface area contributed by atoms with Crippen LogP contribution in [0.25, 0.3) is 0 Å². The molecule has 114 valence electrons. The zero-order chi connectivity index (χ0) is 14.8. The number of hydrogen-bond acceptors (Lipinski definition) is 4. The van der Waals surface area contributed by atoms with Crippen molar-refractivity contribution in [1.82, 2.24) is 4.90 Å². The molecule has 0 aromatic heterocycles. The van der Waals surface area contributed by atoms with E-state index in [9.17, 15) is 4.79 Å². The zero-order valence-electron chi connectivity index (χ0n) is 12.7. The molecule has 21 heavy (non-hydrogen) atoms. The Morgan fingerprint density at radius 1 is 1.33 bits per heavy atom. The molecule has 2 fully saturated rings. The predicted molar refractivity (Wildman–Crippen MR) is 83.9 cm³/mol. The molecule has 2 saturated heterocycles. The lowest BCUT2D eigenvalue weighted by Gasteiger charge is -2.35. The van der Waals surface area contributed by atoms with Gasteiger partial charge in [0.05, 0.1) is 6.54 Å². The fourth-order valence-corrected chi connectivity index (χ4v) is 3.05. The van der Waals surface area contributed by atoms with E-state index in [0.29, 0.717) is 25.2 Å². The van der Waals surface area contributed by atoms with Gasteiger partial charge in [-0.15, -0.1) is 0 Å². The number of benzene rings is 1. The first-order valence-electron chi connectivity index (χ1n) is 7.64. The Bertz CT molecular complexity index is 520. The standard InChI is InChI=1S/C16H23N3O2/c1-12-10-14(6-7-18(12)2)17-13-4-3-5-15(11-13)19-8-9-21-16(19)20/h3-5,11-12,14,17H,6-10H2,1-2H3. The highest BCUT2D eigenvalue weighted by molar-refractivity contribution is 5.89. The number of rotatable bonds is 3. The molecular formula is C16H23N3O2. The third-order valence-electron chi connectivity index (χ3n) is 4.50. The summed E-state index contributed by atoms with van der Waals surface area (Å²) >= 11 is 0. The molecule has 2 aliphatic heterocycles. The van der Waals surface area contributed by atoms with E-state index in [1.165, 1.54) is 0 Å². The van der Waals surface area contributed by atoms with Gasteiger partial charge in [-0.1, -0.05) is 6.07 Å². The van der Waals surface area contributed by atoms with Crippen molar-refractivity contribution < 1.29 is 9.53 Å². The van der Waals surface area contributed by atoms with Crippen molar-refractivity contribution in [1.29, 1.82) is 0 Å². The molecule has 2 aliphatic rings. The van der Waals surface area contributed by atoms with Crippen molar-refractivity contribution in [2.75, 3.05) is 37.0 Å². The molecule has 5 nitrogen and oxygen atoms in total. The minimum Gasteiger partial charge on any atom is -0.447 e. The Hall–Kier alpha value is -1.75. The zero-order valence-corrected chi connectivity index (χ0v) is 12.7. The summed E-state index contributed by atoms with van der Waals surface area (Å²) in [6.07, 6.45) is 2.05. The summed E-state index contributed by atoms with van der Waals surface area (Å²) in [4.78, 5) is 15.7. The molecule has 0 aliphatic carbocycles. The maximum Gasteiger partial charge on any atom is 0.414 e. The number of nitrogens with one attached hydrogen (secondary N) is 1. The molecule has 2 heterocycles. The lowest BCUT2D eigenvalue weighted by molar-refractivity contribution is 0.181. The molecule has 2 atom stereocenters. The van der Waals surface area contributed by atoms with Gasteiger partial charge in [-0.3, -0.25) is 4.90 Å². The lowest BCUT2D eigenvalue weighted by Crippen LogP contribution is -2.42. The summed E-state index contributed by atoms with van der Waals surface area (Å²) in [5.74, 6) is 0. The highest BCUT2D eigenvalue weighted by Crippen LogP contribution is 2.25. The third-order valence-corrected chi connectivity index (χ3v) is 4.50. The molecular weight excluding hydrogens is 266 g/mol. The predicted octanol–water partition coefficient (Wildman–Crippen LogP) is 2.54. The van der Waals surface area contributed by atoms with Gasteiger partial charge >= 0.3 is 6.09 Å². The average molecular weight is 289 g/mol. The molecule has 1 aromatic rings. The van der Waals surface area contributed by atoms with Gasteiger partial charge in [0.25, 0.3) is 0 Å². The molecule has 1 aromatic carbocycles. The van der Waals surface area contributed by atoms with Gasteiger partial charge < -0.3 is 15.0 Å². The number of piperidine rings is 1. The quantitative estimate of drug-likeness (QED) is 0.929. The van der Waals surface area contributed by atoms with Crippen LogP contribution in [0, 0.1) is 0 Å². The van der Waals surface area contributed by atoms with E-state index in [1.807, 2.05) is 18.2 Å². The second kappa shape index (κ2) is 5.93. The first kappa shape index (κ1) is 14.2. The van der Waals surface area contributed by atoms with E-state index in [0.717, 1.165) is 30.8 Å². The monoisotopic (exact) mass is 289 g/mol. The van der Waals surface area contributed by atoms with Crippen LogP contribution in [0.3, 0.4) is 0 Å². The van der Waals surface area contributed by atoms with Crippen molar-refractivity contribution >= 4 is 17.5 Å². The molecule has 0 saturated carbocycles. The number of cyclic esters (lactones) is 1. The molecule has 2 unspecified atom stereocenters. The number of hydrogen-bond donors (Lipinski definition) is 1. The SMILES string of the molecule is CC1CC(Nc2cccc(N3CCOC3=O)c2)CCN1C. The summed E-state index contributed by atoms with van der Waals surface area (Å²) in [7, 11) is 2.18. The number of anilines is 2. The van der Waals surface area contributed by atoms with Crippen LogP contribution >= 0.6 is 0 Å². The largest absolute Gasteiger partial charge is 0.447 e. The number of ether oxygens (including phenoxy) is 1. The van der Waals surface area contributed by atoms with E-state index in [-0.39, 0.29) is 6.09 Å². The van der Waals surface area contributed by atoms with Crippen molar-refractivity contribution in [2.24, 2.45) is 0 Å². The van der Waals surface area contributed by atoms with E-state index >= 15 is 0 Å². The molecule has 0 spiro atoms. The highest BCUT2D eigenvalue weighted by Gasteiger charge is 2.25. The first-order chi connectivity index (χ1) is 10.1. The highest BCUT2D eigenvalue weighted by atomic mass is 16.6. The maximum atomic E-state index is 11.6. The molecule has 5 heteroatoms. The van der Waals surface area contributed by atoms with Gasteiger partial charge in [0.1, 0.15) is 6.61 Å². The topological polar surface area (TPSA) is 44.8 Å². The minimum atomic E-state index is -0.250. The number of nitrogens with zero attached hydrogens (tertiary/aromatic N) is 2. The molecule has 1 N–H and O–H groups in total. The van der Waals surface area contributed by atoms with Gasteiger partial charge in [0.15, 0.2) is 0 Å².